The molecule has 1 aromatic rings. The van der Waals surface area contributed by atoms with Crippen LogP contribution in [-0.2, 0) is 11.3 Å². The first kappa shape index (κ1) is 13.5. The smallest absolute Gasteiger partial charge is 0.283 e. The average Bonchev–Trinajstić information content (AvgIpc) is 2.41. The van der Waals surface area contributed by atoms with Crippen LogP contribution in [0.2, 0.25) is 0 Å². The lowest BCUT2D eigenvalue weighted by atomic mass is 10.3. The number of anilines is 1. The van der Waals surface area contributed by atoms with Crippen LogP contribution in [0.1, 0.15) is 0 Å². The van der Waals surface area contributed by atoms with E-state index in [1.54, 1.807) is 13.3 Å². The van der Waals surface area contributed by atoms with Gasteiger partial charge in [-0.05, 0) is 15.9 Å². The van der Waals surface area contributed by atoms with E-state index in [1.165, 1.54) is 4.68 Å². The second-order valence-corrected chi connectivity index (χ2v) is 4.89. The van der Waals surface area contributed by atoms with E-state index >= 15 is 0 Å². The predicted molar refractivity (Wildman–Crippen MR) is 73.2 cm³/mol. The third-order valence-electron chi connectivity index (χ3n) is 2.93. The number of rotatable bonds is 4. The minimum Gasteiger partial charge on any atom is -0.383 e. The van der Waals surface area contributed by atoms with Gasteiger partial charge in [0.05, 0.1) is 25.0 Å². The van der Waals surface area contributed by atoms with Crippen molar-refractivity contribution in [3.05, 3.63) is 21.0 Å². The Hall–Kier alpha value is -0.920. The molecule has 1 fully saturated rings. The van der Waals surface area contributed by atoms with E-state index < -0.39 is 0 Å². The Morgan fingerprint density at radius 1 is 1.50 bits per heavy atom. The summed E-state index contributed by atoms with van der Waals surface area (Å²) in [6.45, 7) is 4.59. The van der Waals surface area contributed by atoms with Crippen LogP contribution in [0.15, 0.2) is 15.5 Å². The highest BCUT2D eigenvalue weighted by Gasteiger charge is 2.16. The summed E-state index contributed by atoms with van der Waals surface area (Å²) >= 11 is 3.38. The molecule has 100 valence electrons. The highest BCUT2D eigenvalue weighted by atomic mass is 79.9. The number of hydrogen-bond donors (Lipinski definition) is 1. The minimum atomic E-state index is -0.108. The summed E-state index contributed by atoms with van der Waals surface area (Å²) in [5, 5.41) is 7.46. The fourth-order valence-corrected chi connectivity index (χ4v) is 2.48. The Bertz CT molecular complexity index is 457. The zero-order valence-corrected chi connectivity index (χ0v) is 11.9. The van der Waals surface area contributed by atoms with Gasteiger partial charge in [0.2, 0.25) is 0 Å². The summed E-state index contributed by atoms with van der Waals surface area (Å²) in [4.78, 5) is 14.3. The summed E-state index contributed by atoms with van der Waals surface area (Å²) in [6.07, 6.45) is 1.74. The largest absolute Gasteiger partial charge is 0.383 e. The van der Waals surface area contributed by atoms with Gasteiger partial charge in [-0.3, -0.25) is 4.79 Å². The van der Waals surface area contributed by atoms with Gasteiger partial charge in [-0.2, -0.15) is 5.10 Å². The molecule has 1 aliphatic rings. The van der Waals surface area contributed by atoms with E-state index in [2.05, 4.69) is 31.2 Å². The van der Waals surface area contributed by atoms with Crippen molar-refractivity contribution in [3.8, 4) is 0 Å². The van der Waals surface area contributed by atoms with Gasteiger partial charge in [-0.1, -0.05) is 0 Å². The number of hydrogen-bond acceptors (Lipinski definition) is 5. The summed E-state index contributed by atoms with van der Waals surface area (Å²) in [6, 6.07) is 0. The predicted octanol–water partition coefficient (Wildman–Crippen LogP) is 0.0618. The number of piperazine rings is 1. The molecule has 1 N–H and O–H groups in total. The molecule has 0 saturated carbocycles. The summed E-state index contributed by atoms with van der Waals surface area (Å²) in [5.74, 6) is 0. The van der Waals surface area contributed by atoms with Crippen molar-refractivity contribution in [3.63, 3.8) is 0 Å². The quantitative estimate of drug-likeness (QED) is 0.851. The molecule has 0 unspecified atom stereocenters. The van der Waals surface area contributed by atoms with E-state index in [4.69, 9.17) is 4.74 Å². The van der Waals surface area contributed by atoms with E-state index in [0.717, 1.165) is 31.9 Å². The van der Waals surface area contributed by atoms with E-state index in [0.29, 0.717) is 17.6 Å². The molecular weight excluding hydrogens is 300 g/mol. The maximum absolute atomic E-state index is 12.1. The first-order valence-corrected chi connectivity index (χ1v) is 6.73. The van der Waals surface area contributed by atoms with Crippen LogP contribution < -0.4 is 15.8 Å². The van der Waals surface area contributed by atoms with Crippen LogP contribution in [-0.4, -0.2) is 49.7 Å². The third kappa shape index (κ3) is 2.90. The third-order valence-corrected chi connectivity index (χ3v) is 3.68. The summed E-state index contributed by atoms with van der Waals surface area (Å²) in [7, 11) is 1.61. The monoisotopic (exact) mass is 316 g/mol. The molecule has 2 heterocycles. The first-order valence-electron chi connectivity index (χ1n) is 5.94. The van der Waals surface area contributed by atoms with E-state index in [9.17, 15) is 4.79 Å². The zero-order chi connectivity index (χ0) is 13.0. The van der Waals surface area contributed by atoms with Gasteiger partial charge in [0.15, 0.2) is 0 Å². The Morgan fingerprint density at radius 3 is 2.89 bits per heavy atom. The normalized spacial score (nSPS) is 16.0. The molecule has 2 rings (SSSR count). The molecule has 0 atom stereocenters. The summed E-state index contributed by atoms with van der Waals surface area (Å²) in [5.41, 5.74) is 0.762. The number of aromatic nitrogens is 2. The number of ether oxygens (including phenoxy) is 1. The van der Waals surface area contributed by atoms with Crippen molar-refractivity contribution in [1.29, 1.82) is 0 Å². The first-order chi connectivity index (χ1) is 8.74. The highest BCUT2D eigenvalue weighted by molar-refractivity contribution is 9.10. The molecule has 1 aliphatic heterocycles. The average molecular weight is 317 g/mol. The molecular formula is C11H17BrN4O2. The van der Waals surface area contributed by atoms with Gasteiger partial charge < -0.3 is 15.0 Å². The molecule has 0 aromatic carbocycles. The molecule has 1 saturated heterocycles. The zero-order valence-electron chi connectivity index (χ0n) is 10.4. The maximum atomic E-state index is 12.1. The van der Waals surface area contributed by atoms with Crippen molar-refractivity contribution >= 4 is 21.6 Å². The number of nitrogens with zero attached hydrogens (tertiary/aromatic N) is 3. The van der Waals surface area contributed by atoms with Crippen LogP contribution >= 0.6 is 15.9 Å². The SMILES string of the molecule is COCCn1ncc(N2CCNCC2)c(Br)c1=O. The molecule has 0 bridgehead atoms. The van der Waals surface area contributed by atoms with Gasteiger partial charge in [0.1, 0.15) is 4.47 Å². The lowest BCUT2D eigenvalue weighted by Crippen LogP contribution is -2.44. The highest BCUT2D eigenvalue weighted by Crippen LogP contribution is 2.21. The fourth-order valence-electron chi connectivity index (χ4n) is 1.92. The standard InChI is InChI=1S/C11H17BrN4O2/c1-18-7-6-16-11(17)10(12)9(8-14-16)15-4-2-13-3-5-15/h8,13H,2-7H2,1H3. The van der Waals surface area contributed by atoms with Crippen molar-refractivity contribution in [2.24, 2.45) is 0 Å². The van der Waals surface area contributed by atoms with Gasteiger partial charge in [0, 0.05) is 33.3 Å². The van der Waals surface area contributed by atoms with Gasteiger partial charge in [0.25, 0.3) is 5.56 Å². The van der Waals surface area contributed by atoms with Gasteiger partial charge >= 0.3 is 0 Å². The topological polar surface area (TPSA) is 59.4 Å². The molecule has 1 aromatic heterocycles. The van der Waals surface area contributed by atoms with Crippen molar-refractivity contribution in [2.75, 3.05) is 44.8 Å². The molecule has 6 nitrogen and oxygen atoms in total. The Morgan fingerprint density at radius 2 is 2.22 bits per heavy atom. The van der Waals surface area contributed by atoms with Crippen LogP contribution in [0, 0.1) is 0 Å². The van der Waals surface area contributed by atoms with Crippen LogP contribution in [0.5, 0.6) is 0 Å². The number of methoxy groups -OCH3 is 1. The molecule has 0 aliphatic carbocycles. The molecule has 0 radical (unpaired) electrons. The Labute approximate surface area is 114 Å². The molecule has 0 amide bonds. The van der Waals surface area contributed by atoms with Crippen molar-refractivity contribution in [1.82, 2.24) is 15.1 Å². The molecule has 0 spiro atoms. The van der Waals surface area contributed by atoms with E-state index in [1.807, 2.05) is 0 Å². The van der Waals surface area contributed by atoms with Crippen molar-refractivity contribution in [2.45, 2.75) is 6.54 Å². The lowest BCUT2D eigenvalue weighted by molar-refractivity contribution is 0.181. The number of nitrogens with one attached hydrogen (secondary N) is 1. The Kier molecular flexibility index (Phi) is 4.73. The van der Waals surface area contributed by atoms with Crippen LogP contribution in [0.3, 0.4) is 0 Å². The summed E-state index contributed by atoms with van der Waals surface area (Å²) < 4.78 is 6.95. The van der Waals surface area contributed by atoms with Gasteiger partial charge in [-0.25, -0.2) is 4.68 Å². The van der Waals surface area contributed by atoms with Crippen LogP contribution in [0.4, 0.5) is 5.69 Å². The molecule has 18 heavy (non-hydrogen) atoms. The number of halogens is 1. The minimum absolute atomic E-state index is 0.108. The van der Waals surface area contributed by atoms with Gasteiger partial charge in [-0.15, -0.1) is 0 Å². The second kappa shape index (κ2) is 6.31. The molecule has 7 heteroatoms. The fraction of sp³-hybridized carbons (Fsp3) is 0.636. The lowest BCUT2D eigenvalue weighted by Gasteiger charge is -2.29. The Balaban J connectivity index is 2.22. The second-order valence-electron chi connectivity index (χ2n) is 4.10. The maximum Gasteiger partial charge on any atom is 0.283 e. The van der Waals surface area contributed by atoms with Crippen molar-refractivity contribution < 1.29 is 4.74 Å². The van der Waals surface area contributed by atoms with Crippen LogP contribution in [0.25, 0.3) is 0 Å². The van der Waals surface area contributed by atoms with E-state index in [-0.39, 0.29) is 5.56 Å².